The van der Waals surface area contributed by atoms with E-state index in [1.165, 1.54) is 17.4 Å². The van der Waals surface area contributed by atoms with Gasteiger partial charge in [0, 0.05) is 37.7 Å². The summed E-state index contributed by atoms with van der Waals surface area (Å²) >= 11 is 1.74. The van der Waals surface area contributed by atoms with E-state index >= 15 is 0 Å². The summed E-state index contributed by atoms with van der Waals surface area (Å²) in [5, 5.41) is 9.65. The molecule has 31 heavy (non-hydrogen) atoms. The summed E-state index contributed by atoms with van der Waals surface area (Å²) in [5.41, 5.74) is 3.52. The van der Waals surface area contributed by atoms with Gasteiger partial charge in [0.1, 0.15) is 0 Å². The second-order valence-electron chi connectivity index (χ2n) is 7.98. The lowest BCUT2D eigenvalue weighted by Gasteiger charge is -2.19. The summed E-state index contributed by atoms with van der Waals surface area (Å²) in [6, 6.07) is 15.7. The minimum Gasteiger partial charge on any atom is -0.305 e. The molecule has 2 aromatic carbocycles. The first-order valence-electron chi connectivity index (χ1n) is 10.5. The van der Waals surface area contributed by atoms with E-state index in [0.717, 1.165) is 61.2 Å². The van der Waals surface area contributed by atoms with Crippen LogP contribution in [0.4, 0.5) is 0 Å². The van der Waals surface area contributed by atoms with Crippen LogP contribution < -0.4 is 0 Å². The molecule has 0 aliphatic carbocycles. The normalized spacial score (nSPS) is 14.9. The van der Waals surface area contributed by atoms with Crippen LogP contribution >= 0.6 is 11.8 Å². The molecule has 2 heterocycles. The molecule has 0 radical (unpaired) electrons. The molecule has 0 saturated carbocycles. The van der Waals surface area contributed by atoms with Crippen molar-refractivity contribution in [3.63, 3.8) is 0 Å². The van der Waals surface area contributed by atoms with Crippen molar-refractivity contribution in [3.05, 3.63) is 59.7 Å². The SMILES string of the molecule is Cn1c(SCCCN2CCc3ccc(S(C)(=O)=O)cc3CC2)nnc1-c1ccccc1. The van der Waals surface area contributed by atoms with Crippen molar-refractivity contribution in [2.45, 2.75) is 29.3 Å². The zero-order chi connectivity index (χ0) is 21.8. The topological polar surface area (TPSA) is 68.1 Å². The minimum absolute atomic E-state index is 0.426. The first-order valence-corrected chi connectivity index (χ1v) is 13.4. The maximum atomic E-state index is 11.8. The molecule has 0 spiro atoms. The van der Waals surface area contributed by atoms with Crippen LogP contribution in [-0.2, 0) is 29.7 Å². The van der Waals surface area contributed by atoms with Crippen molar-refractivity contribution >= 4 is 21.6 Å². The van der Waals surface area contributed by atoms with Crippen LogP contribution in [0.3, 0.4) is 0 Å². The molecule has 8 heteroatoms. The van der Waals surface area contributed by atoms with Crippen LogP contribution in [0.25, 0.3) is 11.4 Å². The Labute approximate surface area is 188 Å². The van der Waals surface area contributed by atoms with Crippen molar-refractivity contribution < 1.29 is 8.42 Å². The fraction of sp³-hybridized carbons (Fsp3) is 0.391. The Morgan fingerprint density at radius 2 is 1.74 bits per heavy atom. The van der Waals surface area contributed by atoms with Crippen LogP contribution in [0.1, 0.15) is 17.5 Å². The molecule has 1 aromatic heterocycles. The Bertz CT molecular complexity index is 1140. The molecule has 0 bridgehead atoms. The van der Waals surface area contributed by atoms with Gasteiger partial charge in [-0.25, -0.2) is 8.42 Å². The number of rotatable bonds is 7. The van der Waals surface area contributed by atoms with Gasteiger partial charge in [0.15, 0.2) is 20.8 Å². The maximum absolute atomic E-state index is 11.8. The Kier molecular flexibility index (Phi) is 6.79. The van der Waals surface area contributed by atoms with Gasteiger partial charge in [-0.2, -0.15) is 0 Å². The average molecular weight is 457 g/mol. The number of hydrogen-bond donors (Lipinski definition) is 0. The second-order valence-corrected chi connectivity index (χ2v) is 11.1. The molecule has 0 unspecified atom stereocenters. The summed E-state index contributed by atoms with van der Waals surface area (Å²) in [4.78, 5) is 2.90. The van der Waals surface area contributed by atoms with Crippen LogP contribution in [0.15, 0.2) is 58.6 Å². The predicted molar refractivity (Wildman–Crippen MR) is 125 cm³/mol. The molecule has 0 fully saturated rings. The van der Waals surface area contributed by atoms with Crippen LogP contribution in [-0.4, -0.2) is 59.7 Å². The molecule has 0 amide bonds. The van der Waals surface area contributed by atoms with Gasteiger partial charge in [-0.1, -0.05) is 48.2 Å². The molecular weight excluding hydrogens is 428 g/mol. The Morgan fingerprint density at radius 3 is 2.48 bits per heavy atom. The fourth-order valence-electron chi connectivity index (χ4n) is 3.93. The number of sulfone groups is 1. The molecule has 4 rings (SSSR count). The number of aromatic nitrogens is 3. The van der Waals surface area contributed by atoms with Gasteiger partial charge in [-0.05, 0) is 49.1 Å². The molecule has 1 aliphatic rings. The van der Waals surface area contributed by atoms with Gasteiger partial charge in [0.05, 0.1) is 4.90 Å². The zero-order valence-electron chi connectivity index (χ0n) is 18.0. The van der Waals surface area contributed by atoms with Gasteiger partial charge >= 0.3 is 0 Å². The van der Waals surface area contributed by atoms with Gasteiger partial charge in [-0.15, -0.1) is 10.2 Å². The van der Waals surface area contributed by atoms with Crippen molar-refractivity contribution in [2.75, 3.05) is 31.6 Å². The third-order valence-corrected chi connectivity index (χ3v) is 7.93. The lowest BCUT2D eigenvalue weighted by Crippen LogP contribution is -2.27. The summed E-state index contributed by atoms with van der Waals surface area (Å²) < 4.78 is 25.7. The number of benzene rings is 2. The van der Waals surface area contributed by atoms with Crippen molar-refractivity contribution in [1.82, 2.24) is 19.7 Å². The number of hydrogen-bond acceptors (Lipinski definition) is 6. The Hall–Kier alpha value is -2.16. The van der Waals surface area contributed by atoms with E-state index < -0.39 is 9.84 Å². The average Bonchev–Trinajstić information content (AvgIpc) is 3.00. The molecule has 6 nitrogen and oxygen atoms in total. The summed E-state index contributed by atoms with van der Waals surface area (Å²) in [6.07, 6.45) is 4.21. The standard InChI is InChI=1S/C23H28N4O2S2/c1-26-22(19-7-4-3-5-8-19)24-25-23(26)30-16-6-13-27-14-11-18-9-10-21(31(2,28)29)17-20(18)12-15-27/h3-5,7-10,17H,6,11-16H2,1-2H3. The monoisotopic (exact) mass is 456 g/mol. The van der Waals surface area contributed by atoms with Crippen molar-refractivity contribution in [2.24, 2.45) is 7.05 Å². The van der Waals surface area contributed by atoms with E-state index in [1.54, 1.807) is 17.8 Å². The number of thioether (sulfide) groups is 1. The smallest absolute Gasteiger partial charge is 0.191 e. The van der Waals surface area contributed by atoms with E-state index in [2.05, 4.69) is 31.8 Å². The predicted octanol–water partition coefficient (Wildman–Crippen LogP) is 3.47. The third-order valence-electron chi connectivity index (χ3n) is 5.72. The van der Waals surface area contributed by atoms with E-state index in [1.807, 2.05) is 37.4 Å². The van der Waals surface area contributed by atoms with Crippen molar-refractivity contribution in [3.8, 4) is 11.4 Å². The summed E-state index contributed by atoms with van der Waals surface area (Å²) in [5.74, 6) is 1.88. The van der Waals surface area contributed by atoms with Crippen LogP contribution in [0.2, 0.25) is 0 Å². The largest absolute Gasteiger partial charge is 0.305 e. The number of fused-ring (bicyclic) bond motifs is 1. The van der Waals surface area contributed by atoms with Crippen molar-refractivity contribution in [1.29, 1.82) is 0 Å². The van der Waals surface area contributed by atoms with Crippen LogP contribution in [0, 0.1) is 0 Å². The first-order chi connectivity index (χ1) is 14.9. The highest BCUT2D eigenvalue weighted by Gasteiger charge is 2.17. The molecule has 0 N–H and O–H groups in total. The number of nitrogens with zero attached hydrogens (tertiary/aromatic N) is 4. The summed E-state index contributed by atoms with van der Waals surface area (Å²) in [7, 11) is -1.14. The zero-order valence-corrected chi connectivity index (χ0v) is 19.6. The Morgan fingerprint density at radius 1 is 1.00 bits per heavy atom. The highest BCUT2D eigenvalue weighted by Crippen LogP contribution is 2.24. The Balaban J connectivity index is 1.28. The van der Waals surface area contributed by atoms with Gasteiger partial charge < -0.3 is 9.47 Å². The lowest BCUT2D eigenvalue weighted by atomic mass is 10.0. The quantitative estimate of drug-likeness (QED) is 0.401. The molecule has 3 aromatic rings. The van der Waals surface area contributed by atoms with Crippen LogP contribution in [0.5, 0.6) is 0 Å². The van der Waals surface area contributed by atoms with Gasteiger partial charge in [-0.3, -0.25) is 0 Å². The highest BCUT2D eigenvalue weighted by molar-refractivity contribution is 7.99. The maximum Gasteiger partial charge on any atom is 0.191 e. The lowest BCUT2D eigenvalue weighted by molar-refractivity contribution is 0.289. The molecule has 0 saturated heterocycles. The summed E-state index contributed by atoms with van der Waals surface area (Å²) in [6.45, 7) is 3.01. The van der Waals surface area contributed by atoms with E-state index in [4.69, 9.17) is 0 Å². The van der Waals surface area contributed by atoms with E-state index in [9.17, 15) is 8.42 Å². The third kappa shape index (κ3) is 5.37. The first kappa shape index (κ1) is 22.0. The highest BCUT2D eigenvalue weighted by atomic mass is 32.2. The molecule has 164 valence electrons. The molecule has 1 aliphatic heterocycles. The molecule has 0 atom stereocenters. The van der Waals surface area contributed by atoms with E-state index in [0.29, 0.717) is 4.90 Å². The second kappa shape index (κ2) is 9.54. The van der Waals surface area contributed by atoms with Gasteiger partial charge in [0.2, 0.25) is 0 Å². The minimum atomic E-state index is -3.15. The van der Waals surface area contributed by atoms with Gasteiger partial charge in [0.25, 0.3) is 0 Å². The van der Waals surface area contributed by atoms with E-state index in [-0.39, 0.29) is 0 Å². The fourth-order valence-corrected chi connectivity index (χ4v) is 5.44. The molecular formula is C23H28N4O2S2.